The van der Waals surface area contributed by atoms with Gasteiger partial charge < -0.3 is 9.64 Å². The SMILES string of the molecule is CCN(CC)CCN(C(=O)c1ccccc1Oc1ccccc1)c1nc2c(Cl)cccc2s1. The van der Waals surface area contributed by atoms with Gasteiger partial charge in [0.15, 0.2) is 5.13 Å². The normalized spacial score (nSPS) is 11.2. The molecule has 33 heavy (non-hydrogen) atoms. The quantitative estimate of drug-likeness (QED) is 0.267. The summed E-state index contributed by atoms with van der Waals surface area (Å²) >= 11 is 7.84. The summed E-state index contributed by atoms with van der Waals surface area (Å²) in [5.41, 5.74) is 1.21. The second-order valence-corrected chi connectivity index (χ2v) is 8.89. The molecule has 4 aromatic rings. The lowest BCUT2D eigenvalue weighted by Gasteiger charge is -2.25. The number of amides is 1. The lowest BCUT2D eigenvalue weighted by molar-refractivity contribution is 0.0981. The molecule has 0 radical (unpaired) electrons. The third kappa shape index (κ3) is 5.36. The van der Waals surface area contributed by atoms with Crippen LogP contribution in [0.5, 0.6) is 11.5 Å². The minimum atomic E-state index is -0.149. The van der Waals surface area contributed by atoms with E-state index < -0.39 is 0 Å². The summed E-state index contributed by atoms with van der Waals surface area (Å²) in [6.45, 7) is 7.32. The maximum absolute atomic E-state index is 13.9. The first-order valence-electron chi connectivity index (χ1n) is 11.0. The third-order valence-corrected chi connectivity index (χ3v) is 6.81. The van der Waals surface area contributed by atoms with Gasteiger partial charge in [0, 0.05) is 13.1 Å². The molecule has 1 amide bonds. The summed E-state index contributed by atoms with van der Waals surface area (Å²) in [4.78, 5) is 22.6. The molecule has 7 heteroatoms. The molecule has 0 aliphatic carbocycles. The van der Waals surface area contributed by atoms with Crippen LogP contribution in [0.25, 0.3) is 10.2 Å². The summed E-state index contributed by atoms with van der Waals surface area (Å²) in [5.74, 6) is 1.05. The van der Waals surface area contributed by atoms with Crippen LogP contribution in [0.4, 0.5) is 5.13 Å². The molecule has 0 aliphatic rings. The van der Waals surface area contributed by atoms with E-state index >= 15 is 0 Å². The van der Waals surface area contributed by atoms with Gasteiger partial charge >= 0.3 is 0 Å². The molecule has 0 bridgehead atoms. The highest BCUT2D eigenvalue weighted by Gasteiger charge is 2.25. The number of ether oxygens (including phenoxy) is 1. The molecule has 1 aromatic heterocycles. The number of nitrogens with zero attached hydrogens (tertiary/aromatic N) is 3. The molecule has 0 unspecified atom stereocenters. The van der Waals surface area contributed by atoms with Gasteiger partial charge in [-0.25, -0.2) is 4.98 Å². The smallest absolute Gasteiger partial charge is 0.263 e. The Labute approximate surface area is 203 Å². The lowest BCUT2D eigenvalue weighted by atomic mass is 10.1. The Kier molecular flexibility index (Phi) is 7.60. The van der Waals surface area contributed by atoms with Crippen molar-refractivity contribution in [3.05, 3.63) is 83.4 Å². The predicted molar refractivity (Wildman–Crippen MR) is 137 cm³/mol. The zero-order valence-corrected chi connectivity index (χ0v) is 20.3. The zero-order chi connectivity index (χ0) is 23.2. The fraction of sp³-hybridized carbons (Fsp3) is 0.231. The number of likely N-dealkylation sites (N-methyl/N-ethyl adjacent to an activating group) is 1. The van der Waals surface area contributed by atoms with Crippen molar-refractivity contribution >= 4 is 44.2 Å². The Balaban J connectivity index is 1.71. The van der Waals surface area contributed by atoms with Crippen LogP contribution >= 0.6 is 22.9 Å². The molecule has 170 valence electrons. The van der Waals surface area contributed by atoms with Crippen molar-refractivity contribution in [2.24, 2.45) is 0 Å². The van der Waals surface area contributed by atoms with Gasteiger partial charge in [0.1, 0.15) is 17.0 Å². The van der Waals surface area contributed by atoms with E-state index in [9.17, 15) is 4.79 Å². The van der Waals surface area contributed by atoms with Gasteiger partial charge in [-0.3, -0.25) is 9.69 Å². The van der Waals surface area contributed by atoms with E-state index in [1.165, 1.54) is 11.3 Å². The molecule has 1 heterocycles. The van der Waals surface area contributed by atoms with Crippen molar-refractivity contribution in [2.45, 2.75) is 13.8 Å². The van der Waals surface area contributed by atoms with Crippen LogP contribution in [0.1, 0.15) is 24.2 Å². The van der Waals surface area contributed by atoms with E-state index in [1.807, 2.05) is 66.7 Å². The number of anilines is 1. The minimum Gasteiger partial charge on any atom is -0.457 e. The molecule has 0 saturated heterocycles. The number of thiazole rings is 1. The van der Waals surface area contributed by atoms with Gasteiger partial charge in [-0.2, -0.15) is 0 Å². The number of fused-ring (bicyclic) bond motifs is 1. The first-order chi connectivity index (χ1) is 16.1. The molecule has 0 saturated carbocycles. The Morgan fingerprint density at radius 3 is 2.39 bits per heavy atom. The standard InChI is InChI=1S/C26H26ClN3O2S/c1-3-29(4-2)17-18-30(26-28-24-21(27)14-10-16-23(24)33-26)25(31)20-13-8-9-15-22(20)32-19-11-6-5-7-12-19/h5-16H,3-4,17-18H2,1-2H3. The summed E-state index contributed by atoms with van der Waals surface area (Å²) in [6.07, 6.45) is 0. The Bertz CT molecular complexity index is 1220. The first kappa shape index (κ1) is 23.2. The number of rotatable bonds is 9. The number of carbonyl (C=O) groups excluding carboxylic acids is 1. The van der Waals surface area contributed by atoms with Crippen molar-refractivity contribution in [3.63, 3.8) is 0 Å². The van der Waals surface area contributed by atoms with E-state index in [0.717, 1.165) is 24.3 Å². The Morgan fingerprint density at radius 2 is 1.67 bits per heavy atom. The summed E-state index contributed by atoms with van der Waals surface area (Å²) < 4.78 is 7.02. The number of hydrogen-bond donors (Lipinski definition) is 0. The topological polar surface area (TPSA) is 45.7 Å². The Morgan fingerprint density at radius 1 is 0.939 bits per heavy atom. The number of carbonyl (C=O) groups is 1. The molecule has 0 fully saturated rings. The van der Waals surface area contributed by atoms with Gasteiger partial charge in [-0.05, 0) is 49.5 Å². The molecule has 0 N–H and O–H groups in total. The average Bonchev–Trinajstić information content (AvgIpc) is 3.28. The van der Waals surface area contributed by atoms with Crippen LogP contribution in [0.15, 0.2) is 72.8 Å². The van der Waals surface area contributed by atoms with Crippen LogP contribution in [0.2, 0.25) is 5.02 Å². The van der Waals surface area contributed by atoms with Crippen LogP contribution in [0.3, 0.4) is 0 Å². The molecule has 0 atom stereocenters. The van der Waals surface area contributed by atoms with Gasteiger partial charge in [0.05, 0.1) is 15.3 Å². The van der Waals surface area contributed by atoms with Gasteiger partial charge in [0.2, 0.25) is 0 Å². The highest BCUT2D eigenvalue weighted by atomic mass is 35.5. The van der Waals surface area contributed by atoms with E-state index in [0.29, 0.717) is 39.3 Å². The molecule has 3 aromatic carbocycles. The van der Waals surface area contributed by atoms with Crippen LogP contribution in [0, 0.1) is 0 Å². The molecular formula is C26H26ClN3O2S. The maximum atomic E-state index is 13.9. The second kappa shape index (κ2) is 10.8. The molecule has 4 rings (SSSR count). The van der Waals surface area contributed by atoms with Crippen molar-refractivity contribution in [1.29, 1.82) is 0 Å². The fourth-order valence-corrected chi connectivity index (χ4v) is 4.87. The van der Waals surface area contributed by atoms with Crippen LogP contribution < -0.4 is 9.64 Å². The number of para-hydroxylation sites is 3. The van der Waals surface area contributed by atoms with Gasteiger partial charge in [-0.1, -0.05) is 73.2 Å². The fourth-order valence-electron chi connectivity index (χ4n) is 3.58. The summed E-state index contributed by atoms with van der Waals surface area (Å²) in [5, 5.41) is 1.21. The van der Waals surface area contributed by atoms with Gasteiger partial charge in [0.25, 0.3) is 5.91 Å². The second-order valence-electron chi connectivity index (χ2n) is 7.48. The van der Waals surface area contributed by atoms with E-state index in [2.05, 4.69) is 18.7 Å². The highest BCUT2D eigenvalue weighted by Crippen LogP contribution is 2.34. The Hall–Kier alpha value is -2.93. The van der Waals surface area contributed by atoms with E-state index in [-0.39, 0.29) is 5.91 Å². The monoisotopic (exact) mass is 479 g/mol. The van der Waals surface area contributed by atoms with Crippen LogP contribution in [-0.4, -0.2) is 42.0 Å². The van der Waals surface area contributed by atoms with Crippen molar-refractivity contribution < 1.29 is 9.53 Å². The lowest BCUT2D eigenvalue weighted by Crippen LogP contribution is -2.39. The predicted octanol–water partition coefficient (Wildman–Crippen LogP) is 6.73. The number of halogens is 1. The van der Waals surface area contributed by atoms with E-state index in [1.54, 1.807) is 11.0 Å². The van der Waals surface area contributed by atoms with Crippen molar-refractivity contribution in [1.82, 2.24) is 9.88 Å². The largest absolute Gasteiger partial charge is 0.457 e. The van der Waals surface area contributed by atoms with Crippen molar-refractivity contribution in [2.75, 3.05) is 31.1 Å². The number of hydrogen-bond acceptors (Lipinski definition) is 5. The number of benzene rings is 3. The van der Waals surface area contributed by atoms with Crippen LogP contribution in [-0.2, 0) is 0 Å². The van der Waals surface area contributed by atoms with E-state index in [4.69, 9.17) is 21.3 Å². The maximum Gasteiger partial charge on any atom is 0.263 e. The number of aromatic nitrogens is 1. The average molecular weight is 480 g/mol. The molecule has 5 nitrogen and oxygen atoms in total. The summed E-state index contributed by atoms with van der Waals surface area (Å²) in [7, 11) is 0. The van der Waals surface area contributed by atoms with Gasteiger partial charge in [-0.15, -0.1) is 0 Å². The summed E-state index contributed by atoms with van der Waals surface area (Å²) in [6, 6.07) is 22.5. The first-order valence-corrected chi connectivity index (χ1v) is 12.2. The molecule has 0 aliphatic heterocycles. The minimum absolute atomic E-state index is 0.149. The molecular weight excluding hydrogens is 454 g/mol. The van der Waals surface area contributed by atoms with Crippen molar-refractivity contribution in [3.8, 4) is 11.5 Å². The highest BCUT2D eigenvalue weighted by molar-refractivity contribution is 7.22. The molecule has 0 spiro atoms. The third-order valence-electron chi connectivity index (χ3n) is 5.46. The zero-order valence-electron chi connectivity index (χ0n) is 18.7.